The van der Waals surface area contributed by atoms with Crippen LogP contribution in [0, 0.1) is 0 Å². The van der Waals surface area contributed by atoms with Crippen LogP contribution in [-0.4, -0.2) is 34.2 Å². The van der Waals surface area contributed by atoms with Crippen LogP contribution in [-0.2, 0) is 11.2 Å². The maximum absolute atomic E-state index is 10.9. The molecule has 0 unspecified atom stereocenters. The molecule has 1 fully saturated rings. The Morgan fingerprint density at radius 1 is 1.08 bits per heavy atom. The molecule has 1 saturated heterocycles. The number of piperidine rings is 1. The minimum atomic E-state index is -0.873. The Labute approximate surface area is 148 Å². The first-order valence-corrected chi connectivity index (χ1v) is 8.92. The molecule has 1 heterocycles. The SMILES string of the molecule is C[C@H](c1ccc(-c2cc(CC(=O)O)ccc2O)cc1)N1CCCCC1. The van der Waals surface area contributed by atoms with Crippen LogP contribution >= 0.6 is 0 Å². The van der Waals surface area contributed by atoms with E-state index in [1.54, 1.807) is 18.2 Å². The smallest absolute Gasteiger partial charge is 0.307 e. The quantitative estimate of drug-likeness (QED) is 0.856. The normalized spacial score (nSPS) is 16.5. The molecule has 1 aliphatic rings. The molecule has 0 aliphatic carbocycles. The first-order chi connectivity index (χ1) is 12.0. The molecule has 4 nitrogen and oxygen atoms in total. The molecule has 0 saturated carbocycles. The van der Waals surface area contributed by atoms with E-state index >= 15 is 0 Å². The highest BCUT2D eigenvalue weighted by molar-refractivity contribution is 5.74. The summed E-state index contributed by atoms with van der Waals surface area (Å²) in [5.74, 6) is -0.701. The van der Waals surface area contributed by atoms with Gasteiger partial charge in [-0.1, -0.05) is 36.8 Å². The van der Waals surface area contributed by atoms with Crippen LogP contribution in [0.1, 0.15) is 43.4 Å². The van der Waals surface area contributed by atoms with Crippen LogP contribution in [0.25, 0.3) is 11.1 Å². The van der Waals surface area contributed by atoms with E-state index in [2.05, 4.69) is 24.0 Å². The maximum Gasteiger partial charge on any atom is 0.307 e. The largest absolute Gasteiger partial charge is 0.507 e. The molecule has 25 heavy (non-hydrogen) atoms. The summed E-state index contributed by atoms with van der Waals surface area (Å²) in [4.78, 5) is 13.4. The molecule has 3 rings (SSSR count). The lowest BCUT2D eigenvalue weighted by atomic mass is 9.97. The van der Waals surface area contributed by atoms with E-state index in [0.29, 0.717) is 17.2 Å². The molecule has 2 N–H and O–H groups in total. The van der Waals surface area contributed by atoms with Crippen LogP contribution in [0.2, 0.25) is 0 Å². The molecule has 0 amide bonds. The number of hydrogen-bond donors (Lipinski definition) is 2. The molecule has 1 atom stereocenters. The third-order valence-electron chi connectivity index (χ3n) is 5.06. The van der Waals surface area contributed by atoms with Crippen LogP contribution in [0.5, 0.6) is 5.75 Å². The first kappa shape index (κ1) is 17.5. The summed E-state index contributed by atoms with van der Waals surface area (Å²) in [6.07, 6.45) is 3.82. The Morgan fingerprint density at radius 2 is 1.76 bits per heavy atom. The van der Waals surface area contributed by atoms with Gasteiger partial charge in [-0.15, -0.1) is 0 Å². The van der Waals surface area contributed by atoms with Crippen molar-refractivity contribution in [2.75, 3.05) is 13.1 Å². The van der Waals surface area contributed by atoms with Crippen molar-refractivity contribution < 1.29 is 15.0 Å². The van der Waals surface area contributed by atoms with Crippen LogP contribution in [0.15, 0.2) is 42.5 Å². The summed E-state index contributed by atoms with van der Waals surface area (Å²) in [5.41, 5.74) is 3.54. The number of benzene rings is 2. The van der Waals surface area contributed by atoms with Crippen LogP contribution in [0.4, 0.5) is 0 Å². The van der Waals surface area contributed by atoms with Gasteiger partial charge in [-0.2, -0.15) is 0 Å². The zero-order valence-electron chi connectivity index (χ0n) is 14.6. The molecule has 4 heteroatoms. The molecule has 2 aromatic carbocycles. The summed E-state index contributed by atoms with van der Waals surface area (Å²) in [6, 6.07) is 13.6. The van der Waals surface area contributed by atoms with Crippen molar-refractivity contribution in [3.63, 3.8) is 0 Å². The zero-order valence-corrected chi connectivity index (χ0v) is 14.6. The molecule has 0 radical (unpaired) electrons. The van der Waals surface area contributed by atoms with Crippen molar-refractivity contribution >= 4 is 5.97 Å². The number of carboxylic acid groups (broad SMARTS) is 1. The lowest BCUT2D eigenvalue weighted by Crippen LogP contribution is -2.32. The fourth-order valence-electron chi connectivity index (χ4n) is 3.56. The van der Waals surface area contributed by atoms with Crippen LogP contribution < -0.4 is 0 Å². The van der Waals surface area contributed by atoms with E-state index in [1.807, 2.05) is 12.1 Å². The summed E-state index contributed by atoms with van der Waals surface area (Å²) in [6.45, 7) is 4.55. The number of aliphatic carboxylic acids is 1. The van der Waals surface area contributed by atoms with Gasteiger partial charge in [-0.3, -0.25) is 9.69 Å². The molecule has 0 bridgehead atoms. The van der Waals surface area contributed by atoms with Crippen LogP contribution in [0.3, 0.4) is 0 Å². The van der Waals surface area contributed by atoms with Crippen molar-refractivity contribution in [3.8, 4) is 16.9 Å². The lowest BCUT2D eigenvalue weighted by molar-refractivity contribution is -0.136. The average Bonchev–Trinajstić information content (AvgIpc) is 2.63. The first-order valence-electron chi connectivity index (χ1n) is 8.92. The molecule has 2 aromatic rings. The van der Waals surface area contributed by atoms with Crippen molar-refractivity contribution in [2.24, 2.45) is 0 Å². The Bertz CT molecular complexity index is 733. The fraction of sp³-hybridized carbons (Fsp3) is 0.381. The Balaban J connectivity index is 1.81. The topological polar surface area (TPSA) is 60.8 Å². The predicted octanol–water partition coefficient (Wildman–Crippen LogP) is 4.23. The molecule has 1 aliphatic heterocycles. The summed E-state index contributed by atoms with van der Waals surface area (Å²) in [5, 5.41) is 19.1. The van der Waals surface area contributed by atoms with Crippen molar-refractivity contribution in [1.82, 2.24) is 4.90 Å². The number of carbonyl (C=O) groups is 1. The van der Waals surface area contributed by atoms with E-state index < -0.39 is 5.97 Å². The van der Waals surface area contributed by atoms with Gasteiger partial charge in [0, 0.05) is 11.6 Å². The molecular formula is C21H25NO3. The molecular weight excluding hydrogens is 314 g/mol. The lowest BCUT2D eigenvalue weighted by Gasteiger charge is -2.32. The van der Waals surface area contributed by atoms with Crippen molar-refractivity contribution in [2.45, 2.75) is 38.6 Å². The van der Waals surface area contributed by atoms with E-state index in [-0.39, 0.29) is 12.2 Å². The maximum atomic E-state index is 10.9. The number of phenolic OH excluding ortho intramolecular Hbond substituents is 1. The van der Waals surface area contributed by atoms with E-state index in [4.69, 9.17) is 5.11 Å². The second-order valence-corrected chi connectivity index (χ2v) is 6.82. The fourth-order valence-corrected chi connectivity index (χ4v) is 3.56. The number of aromatic hydroxyl groups is 1. The predicted molar refractivity (Wildman–Crippen MR) is 98.7 cm³/mol. The number of phenols is 1. The highest BCUT2D eigenvalue weighted by Crippen LogP contribution is 2.32. The van der Waals surface area contributed by atoms with Gasteiger partial charge in [0.05, 0.1) is 6.42 Å². The number of nitrogens with zero attached hydrogens (tertiary/aromatic N) is 1. The molecule has 0 aromatic heterocycles. The second-order valence-electron chi connectivity index (χ2n) is 6.82. The van der Waals surface area contributed by atoms with Gasteiger partial charge in [0.1, 0.15) is 5.75 Å². The summed E-state index contributed by atoms with van der Waals surface area (Å²) >= 11 is 0. The summed E-state index contributed by atoms with van der Waals surface area (Å²) < 4.78 is 0. The Morgan fingerprint density at radius 3 is 2.40 bits per heavy atom. The highest BCUT2D eigenvalue weighted by Gasteiger charge is 2.18. The Hall–Kier alpha value is -2.33. The average molecular weight is 339 g/mol. The van der Waals surface area contributed by atoms with Gasteiger partial charge in [-0.25, -0.2) is 0 Å². The van der Waals surface area contributed by atoms with Gasteiger partial charge < -0.3 is 10.2 Å². The van der Waals surface area contributed by atoms with Gasteiger partial charge in [0.15, 0.2) is 0 Å². The minimum Gasteiger partial charge on any atom is -0.507 e. The third-order valence-corrected chi connectivity index (χ3v) is 5.06. The van der Waals surface area contributed by atoms with Gasteiger partial charge in [-0.05, 0) is 61.7 Å². The standard InChI is InChI=1S/C21H25NO3/c1-15(22-11-3-2-4-12-22)17-6-8-18(9-7-17)19-13-16(14-21(24)25)5-10-20(19)23/h5-10,13,15,23H,2-4,11-12,14H2,1H3,(H,24,25)/t15-/m1/s1. The number of likely N-dealkylation sites (tertiary alicyclic amines) is 1. The molecule has 0 spiro atoms. The van der Waals surface area contributed by atoms with Crippen molar-refractivity contribution in [3.05, 3.63) is 53.6 Å². The minimum absolute atomic E-state index is 0.0443. The summed E-state index contributed by atoms with van der Waals surface area (Å²) in [7, 11) is 0. The number of rotatable bonds is 5. The molecule has 132 valence electrons. The number of carboxylic acids is 1. The van der Waals surface area contributed by atoms with E-state index in [9.17, 15) is 9.90 Å². The van der Waals surface area contributed by atoms with Crippen molar-refractivity contribution in [1.29, 1.82) is 0 Å². The van der Waals surface area contributed by atoms with E-state index in [1.165, 1.54) is 24.8 Å². The van der Waals surface area contributed by atoms with Gasteiger partial charge in [0.25, 0.3) is 0 Å². The highest BCUT2D eigenvalue weighted by atomic mass is 16.4. The van der Waals surface area contributed by atoms with Gasteiger partial charge in [0.2, 0.25) is 0 Å². The third kappa shape index (κ3) is 4.20. The number of hydrogen-bond acceptors (Lipinski definition) is 3. The zero-order chi connectivity index (χ0) is 17.8. The Kier molecular flexibility index (Phi) is 5.39. The second kappa shape index (κ2) is 7.70. The van der Waals surface area contributed by atoms with E-state index in [0.717, 1.165) is 18.7 Å². The monoisotopic (exact) mass is 339 g/mol. The van der Waals surface area contributed by atoms with Gasteiger partial charge >= 0.3 is 5.97 Å².